The van der Waals surface area contributed by atoms with Gasteiger partial charge in [-0.1, -0.05) is 96.9 Å². The Hall–Kier alpha value is -1.45. The lowest BCUT2D eigenvalue weighted by Gasteiger charge is -2.29. The summed E-state index contributed by atoms with van der Waals surface area (Å²) < 4.78 is 197. The van der Waals surface area contributed by atoms with Gasteiger partial charge in [0.15, 0.2) is 5.83 Å². The van der Waals surface area contributed by atoms with Gasteiger partial charge in [-0.3, -0.25) is 0 Å². The van der Waals surface area contributed by atoms with Crippen molar-refractivity contribution in [3.8, 4) is 0 Å². The van der Waals surface area contributed by atoms with Crippen LogP contribution in [-0.2, 0) is 0 Å². The van der Waals surface area contributed by atoms with Crippen molar-refractivity contribution >= 4 is 0 Å². The first kappa shape index (κ1) is 63.0. The number of hydrogen-bond donors (Lipinski definition) is 0. The van der Waals surface area contributed by atoms with Gasteiger partial charge in [0.2, 0.25) is 0 Å². The minimum Gasteiger partial charge on any atom is -0.215 e. The molecule has 0 aromatic carbocycles. The predicted molar refractivity (Wildman–Crippen MR) is 132 cm³/mol. The lowest BCUT2D eigenvalue weighted by molar-refractivity contribution is -0.332. The molecule has 0 aromatic heterocycles. The molecule has 262 valence electrons. The fourth-order valence-electron chi connectivity index (χ4n) is 1.02. The average Bonchev–Trinajstić information content (AvgIpc) is 2.87. The predicted octanol–water partition coefficient (Wildman–Crippen LogP) is 14.3. The number of allylic oxidation sites excluding steroid dienone is 2. The fraction of sp³-hybridized carbons (Fsp3) is 0.917. The molecular weight excluding hydrogens is 611 g/mol. The van der Waals surface area contributed by atoms with Gasteiger partial charge in [0.1, 0.15) is 6.42 Å². The Kier molecular flexibility index (Phi) is 48.4. The van der Waals surface area contributed by atoms with E-state index in [2.05, 4.69) is 0 Å². The minimum atomic E-state index is -6.91. The van der Waals surface area contributed by atoms with Crippen LogP contribution < -0.4 is 0 Å². The standard InChI is InChI=1S/C7H3F11.C3H2F6.7C2H6/c1-2(5(10,11)12)3(8)4(9,6(13,14)15)7(16,17)18;4-2(5,6)1-3(7,8)9;7*1-2/h1H3;1H2;7*1-2H3/b3-2-;;;;;;;;. The molecule has 0 saturated carbocycles. The van der Waals surface area contributed by atoms with Crippen LogP contribution in [0.4, 0.5) is 74.6 Å². The third-order valence-electron chi connectivity index (χ3n) is 2.24. The Morgan fingerprint density at radius 3 is 0.634 bits per heavy atom. The lowest BCUT2D eigenvalue weighted by Crippen LogP contribution is -2.54. The van der Waals surface area contributed by atoms with Gasteiger partial charge in [0, 0.05) is 0 Å². The summed E-state index contributed by atoms with van der Waals surface area (Å²) in [6.45, 7) is 27.6. The molecule has 0 unspecified atom stereocenters. The molecular formula is C24H47F17. The zero-order valence-corrected chi connectivity index (χ0v) is 26.1. The molecule has 0 spiro atoms. The second-order valence-electron chi connectivity index (χ2n) is 4.50. The van der Waals surface area contributed by atoms with Gasteiger partial charge in [0.25, 0.3) is 0 Å². The Morgan fingerprint density at radius 2 is 0.561 bits per heavy atom. The van der Waals surface area contributed by atoms with Crippen LogP contribution in [0.2, 0.25) is 0 Å². The maximum Gasteiger partial charge on any atom is 0.438 e. The van der Waals surface area contributed by atoms with Crippen LogP contribution >= 0.6 is 0 Å². The van der Waals surface area contributed by atoms with Gasteiger partial charge >= 0.3 is 36.6 Å². The second kappa shape index (κ2) is 31.5. The first-order valence-electron chi connectivity index (χ1n) is 12.7. The summed E-state index contributed by atoms with van der Waals surface area (Å²) in [7, 11) is 0. The van der Waals surface area contributed by atoms with E-state index in [4.69, 9.17) is 0 Å². The van der Waals surface area contributed by atoms with Crippen molar-refractivity contribution in [2.75, 3.05) is 0 Å². The van der Waals surface area contributed by atoms with E-state index in [0.29, 0.717) is 0 Å². The van der Waals surface area contributed by atoms with Gasteiger partial charge in [-0.25, -0.2) is 8.78 Å². The van der Waals surface area contributed by atoms with Crippen LogP contribution in [0.5, 0.6) is 0 Å². The van der Waals surface area contributed by atoms with E-state index >= 15 is 0 Å². The van der Waals surface area contributed by atoms with Crippen molar-refractivity contribution in [2.45, 2.75) is 147 Å². The molecule has 0 N–H and O–H groups in total. The van der Waals surface area contributed by atoms with Crippen LogP contribution in [0.15, 0.2) is 11.4 Å². The third kappa shape index (κ3) is 34.7. The largest absolute Gasteiger partial charge is 0.438 e. The first-order chi connectivity index (χ1) is 18.3. The van der Waals surface area contributed by atoms with Crippen molar-refractivity contribution in [2.24, 2.45) is 0 Å². The van der Waals surface area contributed by atoms with Crippen molar-refractivity contribution in [1.82, 2.24) is 0 Å². The molecule has 41 heavy (non-hydrogen) atoms. The third-order valence-corrected chi connectivity index (χ3v) is 2.24. The van der Waals surface area contributed by atoms with Crippen molar-refractivity contribution in [1.29, 1.82) is 0 Å². The quantitative estimate of drug-likeness (QED) is 0.246. The van der Waals surface area contributed by atoms with Crippen molar-refractivity contribution in [3.63, 3.8) is 0 Å². The van der Waals surface area contributed by atoms with Gasteiger partial charge in [-0.2, -0.15) is 65.9 Å². The summed E-state index contributed by atoms with van der Waals surface area (Å²) in [4.78, 5) is 0. The number of rotatable bonds is 1. The molecule has 0 aliphatic carbocycles. The molecule has 17 heteroatoms. The minimum absolute atomic E-state index is 0.429. The molecule has 0 bridgehead atoms. The highest BCUT2D eigenvalue weighted by molar-refractivity contribution is 5.25. The van der Waals surface area contributed by atoms with Crippen LogP contribution in [0.3, 0.4) is 0 Å². The Morgan fingerprint density at radius 1 is 0.390 bits per heavy atom. The zero-order chi connectivity index (χ0) is 36.9. The summed E-state index contributed by atoms with van der Waals surface area (Å²) in [6.07, 6.45) is -32.7. The Balaban J connectivity index is -0.0000000534. The molecule has 0 fully saturated rings. The van der Waals surface area contributed by atoms with E-state index in [-0.39, 0.29) is 0 Å². The molecule has 0 nitrogen and oxygen atoms in total. The summed E-state index contributed by atoms with van der Waals surface area (Å²) in [5.74, 6) is -3.98. The summed E-state index contributed by atoms with van der Waals surface area (Å²) >= 11 is 0. The van der Waals surface area contributed by atoms with E-state index in [0.717, 1.165) is 0 Å². The van der Waals surface area contributed by atoms with Gasteiger partial charge in [-0.05, 0) is 6.92 Å². The topological polar surface area (TPSA) is 0 Å². The van der Waals surface area contributed by atoms with Gasteiger partial charge < -0.3 is 0 Å². The van der Waals surface area contributed by atoms with E-state index < -0.39 is 61.3 Å². The monoisotopic (exact) mass is 658 g/mol. The second-order valence-corrected chi connectivity index (χ2v) is 4.50. The van der Waals surface area contributed by atoms with E-state index in [9.17, 15) is 74.6 Å². The molecule has 0 amide bonds. The molecule has 0 heterocycles. The molecule has 0 rings (SSSR count). The SMILES string of the molecule is C/C(=C(/F)C(F)(C(F)(F)F)C(F)(F)F)C(F)(F)F.CC.CC.CC.CC.CC.CC.CC.FC(F)(F)CC(F)(F)F. The maximum atomic E-state index is 12.8. The van der Waals surface area contributed by atoms with Gasteiger partial charge in [0.05, 0.1) is 5.57 Å². The van der Waals surface area contributed by atoms with Crippen molar-refractivity contribution < 1.29 is 74.6 Å². The van der Waals surface area contributed by atoms with Crippen LogP contribution in [-0.4, -0.2) is 36.6 Å². The number of hydrogen-bond acceptors (Lipinski definition) is 0. The van der Waals surface area contributed by atoms with Gasteiger partial charge in [-0.15, -0.1) is 0 Å². The summed E-state index contributed by atoms with van der Waals surface area (Å²) in [6, 6.07) is 0. The molecule has 0 aromatic rings. The highest BCUT2D eigenvalue weighted by atomic mass is 19.4. The highest BCUT2D eigenvalue weighted by Gasteiger charge is 2.76. The maximum absolute atomic E-state index is 12.8. The van der Waals surface area contributed by atoms with Crippen LogP contribution in [0, 0.1) is 0 Å². The highest BCUT2D eigenvalue weighted by Crippen LogP contribution is 2.53. The Bertz CT molecular complexity index is 493. The lowest BCUT2D eigenvalue weighted by atomic mass is 9.99. The Labute approximate surface area is 233 Å². The molecule has 0 aliphatic rings. The number of alkyl halides is 16. The summed E-state index contributed by atoms with van der Waals surface area (Å²) in [5.41, 5.74) is -9.64. The van der Waals surface area contributed by atoms with Crippen LogP contribution in [0.1, 0.15) is 110 Å². The van der Waals surface area contributed by atoms with E-state index in [1.54, 1.807) is 0 Å². The number of halogens is 17. The molecule has 0 saturated heterocycles. The molecule has 0 radical (unpaired) electrons. The normalized spacial score (nSPS) is 11.4. The average molecular weight is 659 g/mol. The summed E-state index contributed by atoms with van der Waals surface area (Å²) in [5, 5.41) is 0. The molecule has 0 aliphatic heterocycles. The van der Waals surface area contributed by atoms with Crippen LogP contribution in [0.25, 0.3) is 0 Å². The molecule has 0 atom stereocenters. The fourth-order valence-corrected chi connectivity index (χ4v) is 1.02. The van der Waals surface area contributed by atoms with E-state index in [1.165, 1.54) is 0 Å². The van der Waals surface area contributed by atoms with E-state index in [1.807, 2.05) is 96.9 Å². The smallest absolute Gasteiger partial charge is 0.215 e. The van der Waals surface area contributed by atoms with Crippen molar-refractivity contribution in [3.05, 3.63) is 11.4 Å². The first-order valence-corrected chi connectivity index (χ1v) is 12.7. The zero-order valence-electron chi connectivity index (χ0n) is 26.1.